The Morgan fingerprint density at radius 3 is 2.63 bits per heavy atom. The molecule has 0 unspecified atom stereocenters. The molecule has 0 N–H and O–H groups in total. The Hall–Kier alpha value is -1.41. The van der Waals surface area contributed by atoms with Crippen molar-refractivity contribution in [1.82, 2.24) is 0 Å². The molecule has 1 aromatic carbocycles. The highest BCUT2D eigenvalue weighted by molar-refractivity contribution is 7.14. The quantitative estimate of drug-likeness (QED) is 0.757. The summed E-state index contributed by atoms with van der Waals surface area (Å²) in [5.74, 6) is 0.267. The number of carbonyl (C=O) groups excluding carboxylic acids is 1. The summed E-state index contributed by atoms with van der Waals surface area (Å²) in [4.78, 5) is 14.7. The molecule has 0 amide bonds. The number of ketones is 1. The fourth-order valence-electron chi connectivity index (χ4n) is 2.61. The summed E-state index contributed by atoms with van der Waals surface area (Å²) in [6.45, 7) is 2.07. The molecule has 0 saturated carbocycles. The van der Waals surface area contributed by atoms with Gasteiger partial charge in [0.25, 0.3) is 0 Å². The molecule has 2 aromatic rings. The summed E-state index contributed by atoms with van der Waals surface area (Å²) >= 11 is 1.72. The lowest BCUT2D eigenvalue weighted by atomic mass is 9.98. The first kappa shape index (κ1) is 12.6. The second kappa shape index (κ2) is 5.30. The topological polar surface area (TPSA) is 17.1 Å². The molecular formula is C17H18OS. The summed E-state index contributed by atoms with van der Waals surface area (Å²) in [6, 6.07) is 10.4. The van der Waals surface area contributed by atoms with Gasteiger partial charge in [0, 0.05) is 11.3 Å². The summed E-state index contributed by atoms with van der Waals surface area (Å²) in [6.07, 6.45) is 5.40. The SMILES string of the molecule is Cc1ccc(CC(=O)c2cc3c(s2)CCCC3)cc1. The molecule has 0 fully saturated rings. The van der Waals surface area contributed by atoms with Crippen molar-refractivity contribution in [2.45, 2.75) is 39.0 Å². The number of hydrogen-bond donors (Lipinski definition) is 0. The van der Waals surface area contributed by atoms with Gasteiger partial charge < -0.3 is 0 Å². The van der Waals surface area contributed by atoms with E-state index in [9.17, 15) is 4.79 Å². The van der Waals surface area contributed by atoms with Gasteiger partial charge in [0.1, 0.15) is 0 Å². The largest absolute Gasteiger partial charge is 0.293 e. The van der Waals surface area contributed by atoms with E-state index >= 15 is 0 Å². The van der Waals surface area contributed by atoms with Gasteiger partial charge >= 0.3 is 0 Å². The van der Waals surface area contributed by atoms with Gasteiger partial charge in [-0.25, -0.2) is 0 Å². The molecular weight excluding hydrogens is 252 g/mol. The third kappa shape index (κ3) is 2.79. The number of thiophene rings is 1. The summed E-state index contributed by atoms with van der Waals surface area (Å²) in [5.41, 5.74) is 3.77. The number of rotatable bonds is 3. The van der Waals surface area contributed by atoms with E-state index in [0.717, 1.165) is 23.3 Å². The van der Waals surface area contributed by atoms with Crippen molar-refractivity contribution in [2.24, 2.45) is 0 Å². The molecule has 19 heavy (non-hydrogen) atoms. The van der Waals surface area contributed by atoms with Crippen LogP contribution in [0, 0.1) is 6.92 Å². The number of fused-ring (bicyclic) bond motifs is 1. The molecule has 0 atom stereocenters. The van der Waals surface area contributed by atoms with Crippen LogP contribution in [0.2, 0.25) is 0 Å². The monoisotopic (exact) mass is 270 g/mol. The first-order valence-electron chi connectivity index (χ1n) is 6.93. The molecule has 0 spiro atoms. The maximum atomic E-state index is 12.3. The Kier molecular flexibility index (Phi) is 3.52. The first-order chi connectivity index (χ1) is 9.22. The second-order valence-electron chi connectivity index (χ2n) is 5.35. The van der Waals surface area contributed by atoms with Crippen molar-refractivity contribution in [3.63, 3.8) is 0 Å². The van der Waals surface area contributed by atoms with Crippen LogP contribution in [-0.4, -0.2) is 5.78 Å². The number of hydrogen-bond acceptors (Lipinski definition) is 2. The molecule has 2 heteroatoms. The third-order valence-corrected chi connectivity index (χ3v) is 5.03. The van der Waals surface area contributed by atoms with Gasteiger partial charge in [0.15, 0.2) is 5.78 Å². The average molecular weight is 270 g/mol. The molecule has 1 aromatic heterocycles. The van der Waals surface area contributed by atoms with Crippen molar-refractivity contribution >= 4 is 17.1 Å². The van der Waals surface area contributed by atoms with Crippen molar-refractivity contribution in [3.05, 3.63) is 56.8 Å². The molecule has 98 valence electrons. The van der Waals surface area contributed by atoms with E-state index in [1.54, 1.807) is 11.3 Å². The molecule has 1 aliphatic carbocycles. The van der Waals surface area contributed by atoms with Crippen LogP contribution in [0.1, 0.15) is 44.1 Å². The molecule has 1 aliphatic rings. The fraction of sp³-hybridized carbons (Fsp3) is 0.353. The Morgan fingerprint density at radius 1 is 1.16 bits per heavy atom. The van der Waals surface area contributed by atoms with Gasteiger partial charge in [0.05, 0.1) is 4.88 Å². The van der Waals surface area contributed by atoms with Gasteiger partial charge in [-0.15, -0.1) is 11.3 Å². The lowest BCUT2D eigenvalue weighted by Crippen LogP contribution is -2.01. The standard InChI is InChI=1S/C17H18OS/c1-12-6-8-13(9-7-12)10-15(18)17-11-14-4-2-3-5-16(14)19-17/h6-9,11H,2-5,10H2,1H3. The van der Waals surface area contributed by atoms with E-state index in [4.69, 9.17) is 0 Å². The number of Topliss-reactive ketones (excluding diaryl/α,β-unsaturated/α-hetero) is 1. The minimum atomic E-state index is 0.267. The predicted octanol–water partition coefficient (Wildman–Crippen LogP) is 4.36. The number of benzene rings is 1. The van der Waals surface area contributed by atoms with Crippen LogP contribution < -0.4 is 0 Å². The van der Waals surface area contributed by atoms with Crippen LogP contribution in [0.25, 0.3) is 0 Å². The van der Waals surface area contributed by atoms with Crippen molar-refractivity contribution < 1.29 is 4.79 Å². The number of carbonyl (C=O) groups is 1. The van der Waals surface area contributed by atoms with E-state index in [0.29, 0.717) is 6.42 Å². The van der Waals surface area contributed by atoms with E-state index in [1.165, 1.54) is 28.8 Å². The minimum absolute atomic E-state index is 0.267. The summed E-state index contributed by atoms with van der Waals surface area (Å²) in [7, 11) is 0. The number of aryl methyl sites for hydroxylation is 3. The summed E-state index contributed by atoms with van der Waals surface area (Å²) in [5, 5.41) is 0. The maximum absolute atomic E-state index is 12.3. The lowest BCUT2D eigenvalue weighted by Gasteiger charge is -2.08. The smallest absolute Gasteiger partial charge is 0.177 e. The van der Waals surface area contributed by atoms with Crippen LogP contribution in [0.3, 0.4) is 0 Å². The highest BCUT2D eigenvalue weighted by Gasteiger charge is 2.17. The van der Waals surface area contributed by atoms with E-state index in [2.05, 4.69) is 37.3 Å². The molecule has 0 saturated heterocycles. The highest BCUT2D eigenvalue weighted by Crippen LogP contribution is 2.30. The van der Waals surface area contributed by atoms with Crippen LogP contribution >= 0.6 is 11.3 Å². The van der Waals surface area contributed by atoms with Gasteiger partial charge in [0.2, 0.25) is 0 Å². The van der Waals surface area contributed by atoms with E-state index in [1.807, 2.05) is 0 Å². The Labute approximate surface area is 118 Å². The van der Waals surface area contributed by atoms with Crippen LogP contribution in [-0.2, 0) is 19.3 Å². The molecule has 0 bridgehead atoms. The molecule has 1 heterocycles. The second-order valence-corrected chi connectivity index (χ2v) is 6.49. The molecule has 3 rings (SSSR count). The van der Waals surface area contributed by atoms with Gasteiger partial charge in [-0.2, -0.15) is 0 Å². The normalized spacial score (nSPS) is 14.2. The van der Waals surface area contributed by atoms with Gasteiger partial charge in [-0.1, -0.05) is 29.8 Å². The van der Waals surface area contributed by atoms with Crippen LogP contribution in [0.15, 0.2) is 30.3 Å². The zero-order valence-electron chi connectivity index (χ0n) is 11.2. The Balaban J connectivity index is 1.76. The predicted molar refractivity (Wildman–Crippen MR) is 80.2 cm³/mol. The van der Waals surface area contributed by atoms with Crippen molar-refractivity contribution in [3.8, 4) is 0 Å². The van der Waals surface area contributed by atoms with E-state index in [-0.39, 0.29) is 5.78 Å². The molecule has 1 nitrogen and oxygen atoms in total. The maximum Gasteiger partial charge on any atom is 0.177 e. The molecule has 0 aliphatic heterocycles. The third-order valence-electron chi connectivity index (χ3n) is 3.76. The van der Waals surface area contributed by atoms with Crippen molar-refractivity contribution in [2.75, 3.05) is 0 Å². The van der Waals surface area contributed by atoms with Crippen LogP contribution in [0.5, 0.6) is 0 Å². The Morgan fingerprint density at radius 2 is 1.89 bits per heavy atom. The first-order valence-corrected chi connectivity index (χ1v) is 7.74. The Bertz CT molecular complexity index is 569. The van der Waals surface area contributed by atoms with Gasteiger partial charge in [-0.05, 0) is 49.8 Å². The average Bonchev–Trinajstić information content (AvgIpc) is 2.85. The van der Waals surface area contributed by atoms with Crippen molar-refractivity contribution in [1.29, 1.82) is 0 Å². The molecule has 0 radical (unpaired) electrons. The highest BCUT2D eigenvalue weighted by atomic mass is 32.1. The summed E-state index contributed by atoms with van der Waals surface area (Å²) < 4.78 is 0. The fourth-order valence-corrected chi connectivity index (χ4v) is 3.80. The van der Waals surface area contributed by atoms with Gasteiger partial charge in [-0.3, -0.25) is 4.79 Å². The minimum Gasteiger partial charge on any atom is -0.293 e. The van der Waals surface area contributed by atoms with E-state index < -0.39 is 0 Å². The van der Waals surface area contributed by atoms with Crippen LogP contribution in [0.4, 0.5) is 0 Å². The lowest BCUT2D eigenvalue weighted by molar-refractivity contribution is 0.0997. The zero-order valence-corrected chi connectivity index (χ0v) is 12.1. The zero-order chi connectivity index (χ0) is 13.2.